The SMILES string of the molecule is CC(C)(C)OC(=O)Nc1ccc(I)cc1[N+](=O)[O-].CI.ClI.Nc1ccc(I)cc1[N+](=O)[O-].Nc1ccccc1[N+](=O)[O-]. The number of benzene rings is 3. The maximum Gasteiger partial charge on any atom is 0.412 e. The molecule has 0 aliphatic carbocycles. The number of carbonyl (C=O) groups excluding carboxylic acids is 1. The van der Waals surface area contributed by atoms with Crippen molar-refractivity contribution in [1.29, 1.82) is 0 Å². The minimum absolute atomic E-state index is 0.0306. The fourth-order valence-electron chi connectivity index (χ4n) is 2.50. The van der Waals surface area contributed by atoms with E-state index in [9.17, 15) is 35.1 Å². The van der Waals surface area contributed by atoms with Crippen LogP contribution in [0, 0.1) is 37.5 Å². The smallest absolute Gasteiger partial charge is 0.412 e. The molecule has 0 atom stereocenters. The lowest BCUT2D eigenvalue weighted by Crippen LogP contribution is -2.27. The summed E-state index contributed by atoms with van der Waals surface area (Å²) in [6.45, 7) is 5.15. The molecular formula is C24H27ClI4N6O8. The van der Waals surface area contributed by atoms with E-state index >= 15 is 0 Å². The number of anilines is 3. The van der Waals surface area contributed by atoms with Crippen molar-refractivity contribution < 1.29 is 24.3 Å². The Kier molecular flexibility index (Phi) is 22.5. The van der Waals surface area contributed by atoms with E-state index in [1.54, 1.807) is 66.5 Å². The first-order valence-electron chi connectivity index (χ1n) is 11.2. The second kappa shape index (κ2) is 22.4. The number of nitrogen functional groups attached to an aromatic ring is 2. The molecule has 5 N–H and O–H groups in total. The second-order valence-corrected chi connectivity index (χ2v) is 10.8. The van der Waals surface area contributed by atoms with Crippen LogP contribution in [0.15, 0.2) is 60.7 Å². The Morgan fingerprint density at radius 1 is 0.767 bits per heavy atom. The Morgan fingerprint density at radius 2 is 1.19 bits per heavy atom. The summed E-state index contributed by atoms with van der Waals surface area (Å²) in [5.74, 6) is 0. The molecule has 0 aliphatic heterocycles. The molecule has 1 amide bonds. The maximum atomic E-state index is 11.5. The standard InChI is InChI=1S/C11H13IN2O4.C6H5IN2O2.C6H6N2O2.CH3I.ClI/c1-11(2,3)18-10(15)13-8-5-4-7(12)6-9(8)14(16)17;7-4-1-2-5(8)6(3-4)9(10)11;7-5-3-1-2-4-6(5)8(9)10;2*1-2/h4-6H,1-3H3,(H,13,15);1-3H,8H2;1-4H,7H2;1H3;. The Hall–Kier alpha value is -2.06. The number of alkyl halides is 1. The highest BCUT2D eigenvalue weighted by molar-refractivity contribution is 14.1. The minimum atomic E-state index is -0.716. The van der Waals surface area contributed by atoms with Crippen molar-refractivity contribution in [1.82, 2.24) is 0 Å². The van der Waals surface area contributed by atoms with Crippen LogP contribution in [0.2, 0.25) is 0 Å². The molecule has 43 heavy (non-hydrogen) atoms. The third-order valence-corrected chi connectivity index (χ3v) is 5.46. The molecule has 0 radical (unpaired) electrons. The average Bonchev–Trinajstić information content (AvgIpc) is 2.93. The lowest BCUT2D eigenvalue weighted by Gasteiger charge is -2.19. The number of nitro benzene ring substituents is 3. The zero-order chi connectivity index (χ0) is 33.9. The summed E-state index contributed by atoms with van der Waals surface area (Å²) in [6.07, 6.45) is -0.716. The van der Waals surface area contributed by atoms with E-state index in [1.807, 2.05) is 50.1 Å². The first-order chi connectivity index (χ1) is 20.0. The Morgan fingerprint density at radius 3 is 1.58 bits per heavy atom. The van der Waals surface area contributed by atoms with Crippen molar-refractivity contribution >= 4 is 138 Å². The highest BCUT2D eigenvalue weighted by Gasteiger charge is 2.20. The molecule has 0 saturated heterocycles. The van der Waals surface area contributed by atoms with E-state index in [0.717, 1.165) is 3.57 Å². The van der Waals surface area contributed by atoms with Crippen LogP contribution in [-0.4, -0.2) is 31.4 Å². The molecule has 0 fully saturated rings. The lowest BCUT2D eigenvalue weighted by molar-refractivity contribution is -0.384. The molecule has 19 heteroatoms. The van der Waals surface area contributed by atoms with Gasteiger partial charge in [-0.25, -0.2) is 4.79 Å². The zero-order valence-electron chi connectivity index (χ0n) is 22.9. The van der Waals surface area contributed by atoms with Crippen LogP contribution in [-0.2, 0) is 4.74 Å². The number of para-hydroxylation sites is 2. The molecule has 3 aromatic rings. The van der Waals surface area contributed by atoms with E-state index in [-0.39, 0.29) is 34.1 Å². The number of rotatable bonds is 4. The van der Waals surface area contributed by atoms with Crippen LogP contribution < -0.4 is 16.8 Å². The predicted molar refractivity (Wildman–Crippen MR) is 203 cm³/mol. The van der Waals surface area contributed by atoms with E-state index in [1.165, 1.54) is 36.4 Å². The maximum absolute atomic E-state index is 11.5. The fourth-order valence-corrected chi connectivity index (χ4v) is 3.45. The van der Waals surface area contributed by atoms with Crippen LogP contribution in [0.25, 0.3) is 0 Å². The van der Waals surface area contributed by atoms with Crippen LogP contribution in [0.1, 0.15) is 20.8 Å². The number of nitrogens with two attached hydrogens (primary N) is 2. The Balaban J connectivity index is 0. The molecule has 3 aromatic carbocycles. The molecule has 0 heterocycles. The number of carbonyl (C=O) groups is 1. The molecule has 3 rings (SSSR count). The fraction of sp³-hybridized carbons (Fsp3) is 0.208. The van der Waals surface area contributed by atoms with Gasteiger partial charge in [0.05, 0.1) is 14.8 Å². The van der Waals surface area contributed by atoms with Crippen molar-refractivity contribution in [3.8, 4) is 0 Å². The normalized spacial score (nSPS) is 9.42. The van der Waals surface area contributed by atoms with E-state index in [0.29, 0.717) is 3.57 Å². The third kappa shape index (κ3) is 18.4. The van der Waals surface area contributed by atoms with Gasteiger partial charge in [-0.1, -0.05) is 34.7 Å². The van der Waals surface area contributed by atoms with E-state index < -0.39 is 26.5 Å². The highest BCUT2D eigenvalue weighted by Crippen LogP contribution is 2.27. The molecule has 0 aliphatic rings. The predicted octanol–water partition coefficient (Wildman–Crippen LogP) is 9.13. The monoisotopic (exact) mass is 1070 g/mol. The van der Waals surface area contributed by atoms with Gasteiger partial charge < -0.3 is 16.2 Å². The summed E-state index contributed by atoms with van der Waals surface area (Å²) >= 11 is 7.73. The lowest BCUT2D eigenvalue weighted by atomic mass is 10.2. The third-order valence-electron chi connectivity index (χ3n) is 4.11. The van der Waals surface area contributed by atoms with Crippen LogP contribution in [0.4, 0.5) is 38.9 Å². The molecule has 0 bridgehead atoms. The van der Waals surface area contributed by atoms with Gasteiger partial charge in [0.2, 0.25) is 0 Å². The van der Waals surface area contributed by atoms with Gasteiger partial charge in [-0.05, 0) is 110 Å². The van der Waals surface area contributed by atoms with Gasteiger partial charge in [0.25, 0.3) is 17.1 Å². The number of amides is 1. The first kappa shape index (κ1) is 43.1. The van der Waals surface area contributed by atoms with Gasteiger partial charge in [0, 0.05) is 46.8 Å². The molecule has 0 spiro atoms. The summed E-state index contributed by atoms with van der Waals surface area (Å²) in [6, 6.07) is 15.3. The zero-order valence-corrected chi connectivity index (χ0v) is 32.3. The molecule has 14 nitrogen and oxygen atoms in total. The molecule has 0 aromatic heterocycles. The summed E-state index contributed by atoms with van der Waals surface area (Å²) in [4.78, 5) is 43.3. The number of nitrogens with one attached hydrogen (secondary N) is 1. The van der Waals surface area contributed by atoms with Crippen LogP contribution >= 0.6 is 98.1 Å². The van der Waals surface area contributed by atoms with Gasteiger partial charge >= 0.3 is 6.09 Å². The van der Waals surface area contributed by atoms with Crippen molar-refractivity contribution in [2.75, 3.05) is 21.7 Å². The van der Waals surface area contributed by atoms with E-state index in [4.69, 9.17) is 16.2 Å². The van der Waals surface area contributed by atoms with Gasteiger partial charge in [-0.2, -0.15) is 0 Å². The second-order valence-electron chi connectivity index (χ2n) is 8.32. The molecule has 236 valence electrons. The number of halogens is 5. The molecular weight excluding hydrogens is 1040 g/mol. The molecule has 0 unspecified atom stereocenters. The van der Waals surface area contributed by atoms with Crippen molar-refractivity contribution in [3.63, 3.8) is 0 Å². The van der Waals surface area contributed by atoms with Crippen LogP contribution in [0.5, 0.6) is 0 Å². The quantitative estimate of drug-likeness (QED) is 0.0740. The topological polar surface area (TPSA) is 220 Å². The first-order valence-corrected chi connectivity index (χ1v) is 18.2. The van der Waals surface area contributed by atoms with E-state index in [2.05, 4.69) is 36.8 Å². The van der Waals surface area contributed by atoms with Gasteiger partial charge in [0.1, 0.15) is 22.7 Å². The van der Waals surface area contributed by atoms with Gasteiger partial charge in [-0.3, -0.25) is 35.7 Å². The molecule has 0 saturated carbocycles. The van der Waals surface area contributed by atoms with Gasteiger partial charge in [0.15, 0.2) is 0 Å². The van der Waals surface area contributed by atoms with Crippen LogP contribution in [0.3, 0.4) is 0 Å². The summed E-state index contributed by atoms with van der Waals surface area (Å²) in [5, 5.41) is 33.7. The van der Waals surface area contributed by atoms with Crippen molar-refractivity contribution in [3.05, 3.63) is 98.1 Å². The van der Waals surface area contributed by atoms with Crippen molar-refractivity contribution in [2.24, 2.45) is 0 Å². The summed E-state index contributed by atoms with van der Waals surface area (Å²) in [7, 11) is 4.61. The largest absolute Gasteiger partial charge is 0.444 e. The average molecular weight is 1070 g/mol. The number of hydrogen-bond donors (Lipinski definition) is 3. The number of ether oxygens (including phenoxy) is 1. The van der Waals surface area contributed by atoms with Crippen molar-refractivity contribution in [2.45, 2.75) is 26.4 Å². The summed E-state index contributed by atoms with van der Waals surface area (Å²) < 4.78 is 6.56. The van der Waals surface area contributed by atoms with Gasteiger partial charge in [-0.15, -0.1) is 0 Å². The Labute approximate surface area is 305 Å². The highest BCUT2D eigenvalue weighted by atomic mass is 127. The minimum Gasteiger partial charge on any atom is -0.444 e. The Bertz CT molecular complexity index is 1380. The number of hydrogen-bond acceptors (Lipinski definition) is 10. The summed E-state index contributed by atoms with van der Waals surface area (Å²) in [5.41, 5.74) is 10.3. The number of nitrogens with zero attached hydrogens (tertiary/aromatic N) is 3. The number of nitro groups is 3.